The lowest BCUT2D eigenvalue weighted by atomic mass is 10.1. The second kappa shape index (κ2) is 4.08. The standard InChI is InChI=1S/C11H16N2/c1-9-6-5-7-11(8-9)10(2)12-13(3)4/h5-8H,1-4H3/b12-10+. The molecule has 0 aliphatic heterocycles. The molecule has 0 aromatic heterocycles. The first kappa shape index (κ1) is 9.78. The van der Waals surface area contributed by atoms with Crippen LogP contribution in [0, 0.1) is 6.92 Å². The van der Waals surface area contributed by atoms with Crippen LogP contribution in [-0.4, -0.2) is 24.8 Å². The Morgan fingerprint density at radius 2 is 2.00 bits per heavy atom. The van der Waals surface area contributed by atoms with Crippen molar-refractivity contribution in [3.8, 4) is 0 Å². The maximum Gasteiger partial charge on any atom is 0.0646 e. The Bertz CT molecular complexity index is 314. The van der Waals surface area contributed by atoms with Gasteiger partial charge in [0.15, 0.2) is 0 Å². The molecule has 0 saturated carbocycles. The van der Waals surface area contributed by atoms with Crippen LogP contribution in [0.1, 0.15) is 18.1 Å². The first-order valence-electron chi connectivity index (χ1n) is 4.39. The molecule has 0 radical (unpaired) electrons. The number of hydrazone groups is 1. The summed E-state index contributed by atoms with van der Waals surface area (Å²) in [4.78, 5) is 0. The SMILES string of the molecule is C/C(=N\N(C)C)c1cccc(C)c1. The van der Waals surface area contributed by atoms with Crippen molar-refractivity contribution in [1.29, 1.82) is 0 Å². The van der Waals surface area contributed by atoms with Gasteiger partial charge in [0.1, 0.15) is 0 Å². The highest BCUT2D eigenvalue weighted by atomic mass is 15.4. The first-order chi connectivity index (χ1) is 6.09. The largest absolute Gasteiger partial charge is 0.303 e. The predicted molar refractivity (Wildman–Crippen MR) is 57.1 cm³/mol. The van der Waals surface area contributed by atoms with Gasteiger partial charge in [-0.2, -0.15) is 5.10 Å². The van der Waals surface area contributed by atoms with Gasteiger partial charge < -0.3 is 5.01 Å². The average molecular weight is 176 g/mol. The van der Waals surface area contributed by atoms with Crippen LogP contribution in [0.3, 0.4) is 0 Å². The van der Waals surface area contributed by atoms with Gasteiger partial charge in [-0.25, -0.2) is 0 Å². The lowest BCUT2D eigenvalue weighted by Crippen LogP contribution is -2.07. The molecule has 0 aliphatic rings. The zero-order chi connectivity index (χ0) is 9.84. The van der Waals surface area contributed by atoms with Crippen molar-refractivity contribution in [3.63, 3.8) is 0 Å². The second-order valence-electron chi connectivity index (χ2n) is 3.40. The fourth-order valence-corrected chi connectivity index (χ4v) is 1.23. The second-order valence-corrected chi connectivity index (χ2v) is 3.40. The van der Waals surface area contributed by atoms with E-state index in [0.717, 1.165) is 5.71 Å². The summed E-state index contributed by atoms with van der Waals surface area (Å²) in [6, 6.07) is 8.36. The molecule has 0 amide bonds. The maximum absolute atomic E-state index is 4.34. The molecular formula is C11H16N2. The van der Waals surface area contributed by atoms with Crippen LogP contribution in [0.5, 0.6) is 0 Å². The molecule has 0 atom stereocenters. The molecule has 0 spiro atoms. The Kier molecular flexibility index (Phi) is 3.07. The Hall–Kier alpha value is -1.31. The van der Waals surface area contributed by atoms with Crippen molar-refractivity contribution in [2.45, 2.75) is 13.8 Å². The minimum absolute atomic E-state index is 1.05. The Balaban J connectivity index is 2.95. The molecule has 13 heavy (non-hydrogen) atoms. The highest BCUT2D eigenvalue weighted by Crippen LogP contribution is 2.05. The van der Waals surface area contributed by atoms with Crippen molar-refractivity contribution >= 4 is 5.71 Å². The highest BCUT2D eigenvalue weighted by molar-refractivity contribution is 5.98. The van der Waals surface area contributed by atoms with E-state index in [1.54, 1.807) is 0 Å². The summed E-state index contributed by atoms with van der Waals surface area (Å²) in [7, 11) is 3.86. The molecule has 0 unspecified atom stereocenters. The predicted octanol–water partition coefficient (Wildman–Crippen LogP) is 2.28. The molecule has 0 N–H and O–H groups in total. The van der Waals surface area contributed by atoms with Crippen LogP contribution in [0.25, 0.3) is 0 Å². The van der Waals surface area contributed by atoms with E-state index in [4.69, 9.17) is 0 Å². The zero-order valence-corrected chi connectivity index (χ0v) is 8.70. The number of hydrogen-bond donors (Lipinski definition) is 0. The minimum atomic E-state index is 1.05. The molecule has 2 heteroatoms. The lowest BCUT2D eigenvalue weighted by Gasteiger charge is -2.07. The summed E-state index contributed by atoms with van der Waals surface area (Å²) in [6.07, 6.45) is 0. The van der Waals surface area contributed by atoms with Crippen molar-refractivity contribution in [2.75, 3.05) is 14.1 Å². The van der Waals surface area contributed by atoms with Crippen molar-refractivity contribution in [1.82, 2.24) is 5.01 Å². The summed E-state index contributed by atoms with van der Waals surface area (Å²) in [5.74, 6) is 0. The molecule has 1 rings (SSSR count). The molecule has 0 bridgehead atoms. The van der Waals surface area contributed by atoms with Gasteiger partial charge in [0, 0.05) is 14.1 Å². The average Bonchev–Trinajstić information content (AvgIpc) is 2.03. The molecule has 0 saturated heterocycles. The van der Waals surface area contributed by atoms with Gasteiger partial charge in [-0.3, -0.25) is 0 Å². The van der Waals surface area contributed by atoms with Gasteiger partial charge in [0.2, 0.25) is 0 Å². The van der Waals surface area contributed by atoms with E-state index >= 15 is 0 Å². The number of nitrogens with zero attached hydrogens (tertiary/aromatic N) is 2. The topological polar surface area (TPSA) is 15.6 Å². The molecule has 0 fully saturated rings. The third kappa shape index (κ3) is 2.90. The van der Waals surface area contributed by atoms with E-state index in [0.29, 0.717) is 0 Å². The molecule has 70 valence electrons. The monoisotopic (exact) mass is 176 g/mol. The summed E-state index contributed by atoms with van der Waals surface area (Å²) in [5, 5.41) is 6.16. The normalized spacial score (nSPS) is 11.5. The Morgan fingerprint density at radius 1 is 1.31 bits per heavy atom. The van der Waals surface area contributed by atoms with Crippen LogP contribution >= 0.6 is 0 Å². The highest BCUT2D eigenvalue weighted by Gasteiger charge is 1.96. The van der Waals surface area contributed by atoms with Crippen LogP contribution in [0.4, 0.5) is 0 Å². The number of rotatable bonds is 2. The van der Waals surface area contributed by atoms with Crippen LogP contribution < -0.4 is 0 Å². The van der Waals surface area contributed by atoms with E-state index < -0.39 is 0 Å². The van der Waals surface area contributed by atoms with Crippen LogP contribution in [0.2, 0.25) is 0 Å². The van der Waals surface area contributed by atoms with Gasteiger partial charge in [-0.15, -0.1) is 0 Å². The molecule has 1 aromatic carbocycles. The Labute approximate surface area is 79.9 Å². The van der Waals surface area contributed by atoms with Gasteiger partial charge in [-0.1, -0.05) is 29.8 Å². The van der Waals surface area contributed by atoms with E-state index in [2.05, 4.69) is 36.3 Å². The molecule has 0 heterocycles. The Morgan fingerprint density at radius 3 is 2.54 bits per heavy atom. The summed E-state index contributed by atoms with van der Waals surface area (Å²) in [5.41, 5.74) is 3.51. The van der Waals surface area contributed by atoms with Gasteiger partial charge in [0.25, 0.3) is 0 Å². The minimum Gasteiger partial charge on any atom is -0.303 e. The first-order valence-corrected chi connectivity index (χ1v) is 4.39. The van der Waals surface area contributed by atoms with Gasteiger partial charge in [0.05, 0.1) is 5.71 Å². The van der Waals surface area contributed by atoms with E-state index in [-0.39, 0.29) is 0 Å². The molecule has 0 aliphatic carbocycles. The van der Waals surface area contributed by atoms with Gasteiger partial charge >= 0.3 is 0 Å². The summed E-state index contributed by atoms with van der Waals surface area (Å²) in [6.45, 7) is 4.11. The van der Waals surface area contributed by atoms with E-state index in [1.165, 1.54) is 11.1 Å². The molecule has 1 aromatic rings. The molecular weight excluding hydrogens is 160 g/mol. The fourth-order valence-electron chi connectivity index (χ4n) is 1.23. The quantitative estimate of drug-likeness (QED) is 0.498. The van der Waals surface area contributed by atoms with E-state index in [9.17, 15) is 0 Å². The smallest absolute Gasteiger partial charge is 0.0646 e. The lowest BCUT2D eigenvalue weighted by molar-refractivity contribution is 0.438. The third-order valence-corrected chi connectivity index (χ3v) is 1.79. The number of aryl methyl sites for hydroxylation is 1. The number of benzene rings is 1. The van der Waals surface area contributed by atoms with Crippen molar-refractivity contribution in [2.24, 2.45) is 5.10 Å². The summed E-state index contributed by atoms with van der Waals surface area (Å²) >= 11 is 0. The maximum atomic E-state index is 4.34. The third-order valence-electron chi connectivity index (χ3n) is 1.79. The van der Waals surface area contributed by atoms with Gasteiger partial charge in [-0.05, 0) is 19.4 Å². The van der Waals surface area contributed by atoms with Crippen LogP contribution in [-0.2, 0) is 0 Å². The number of hydrogen-bond acceptors (Lipinski definition) is 2. The zero-order valence-electron chi connectivity index (χ0n) is 8.70. The van der Waals surface area contributed by atoms with Crippen LogP contribution in [0.15, 0.2) is 29.4 Å². The van der Waals surface area contributed by atoms with E-state index in [1.807, 2.05) is 26.0 Å². The van der Waals surface area contributed by atoms with Crippen molar-refractivity contribution < 1.29 is 0 Å². The molecule has 2 nitrogen and oxygen atoms in total. The van der Waals surface area contributed by atoms with Crippen molar-refractivity contribution in [3.05, 3.63) is 35.4 Å². The fraction of sp³-hybridized carbons (Fsp3) is 0.364. The summed E-state index contributed by atoms with van der Waals surface area (Å²) < 4.78 is 0.